The second-order valence-corrected chi connectivity index (χ2v) is 0.354. The Balaban J connectivity index is 0. The van der Waals surface area contributed by atoms with Crippen molar-refractivity contribution in [2.75, 3.05) is 0 Å². The third-order valence-corrected chi connectivity index (χ3v) is 0. The van der Waals surface area contributed by atoms with Gasteiger partial charge in [0.05, 0.1) is 0 Å². The molecule has 0 rings (SSSR count). The van der Waals surface area contributed by atoms with E-state index in [1.54, 1.807) is 0 Å². The van der Waals surface area contributed by atoms with Gasteiger partial charge in [0.15, 0.2) is 0 Å². The van der Waals surface area contributed by atoms with Crippen LogP contribution in [0.4, 0.5) is 0 Å². The summed E-state index contributed by atoms with van der Waals surface area (Å²) in [5.74, 6) is 0. The van der Waals surface area contributed by atoms with Crippen molar-refractivity contribution in [3.63, 3.8) is 0 Å². The second-order valence-electron chi connectivity index (χ2n) is 0.354. The summed E-state index contributed by atoms with van der Waals surface area (Å²) in [7, 11) is 0. The minimum atomic E-state index is 0. The Hall–Kier alpha value is 1.10. The Morgan fingerprint density at radius 1 is 1.25 bits per heavy atom. The maximum absolute atomic E-state index is 3.38. The maximum atomic E-state index is 3.38. The first-order valence-corrected chi connectivity index (χ1v) is 1.000. The van der Waals surface area contributed by atoms with Gasteiger partial charge in [-0.25, -0.2) is 0 Å². The summed E-state index contributed by atoms with van der Waals surface area (Å²) in [6, 6.07) is 0. The fourth-order valence-electron chi connectivity index (χ4n) is 0. The van der Waals surface area contributed by atoms with Crippen molar-refractivity contribution in [3.8, 4) is 0 Å². The third-order valence-electron chi connectivity index (χ3n) is 0. The molecule has 23 valence electrons. The normalized spacial score (nSPS) is 4.50. The molecule has 0 fully saturated rings. The Bertz CT molecular complexity index is 3.25. The molecule has 1 heteroatoms. The Morgan fingerprint density at radius 2 is 1.25 bits per heavy atom. The van der Waals surface area contributed by atoms with Crippen LogP contribution in [0.5, 0.6) is 0 Å². The molecule has 0 unspecified atom stereocenters. The van der Waals surface area contributed by atoms with Crippen LogP contribution in [-0.4, -0.2) is 0 Å². The molecule has 0 aliphatic heterocycles. The van der Waals surface area contributed by atoms with Gasteiger partial charge in [0.1, 0.15) is 0 Å². The van der Waals surface area contributed by atoms with Crippen molar-refractivity contribution in [1.82, 2.24) is 0 Å². The first-order chi connectivity index (χ1) is 1.41. The zero-order chi connectivity index (χ0) is 2.71. The van der Waals surface area contributed by atoms with Crippen molar-refractivity contribution in [2.24, 2.45) is 0 Å². The van der Waals surface area contributed by atoms with Gasteiger partial charge in [-0.2, -0.15) is 0 Å². The van der Waals surface area contributed by atoms with Gasteiger partial charge in [-0.05, 0) is 0 Å². The molecule has 0 atom stereocenters. The fraction of sp³-hybridized carbons (Fsp3) is 0.333. The van der Waals surface area contributed by atoms with Gasteiger partial charge < -0.3 is 20.3 Å². The topological polar surface area (TPSA) is 0 Å². The van der Waals surface area contributed by atoms with Gasteiger partial charge in [-0.15, -0.1) is 0 Å². The van der Waals surface area contributed by atoms with Crippen LogP contribution in [-0.2, 0) is 32.7 Å². The van der Waals surface area contributed by atoms with E-state index < -0.39 is 0 Å². The van der Waals surface area contributed by atoms with Crippen LogP contribution in [0.25, 0.3) is 0 Å². The summed E-state index contributed by atoms with van der Waals surface area (Å²) >= 11 is 0. The second kappa shape index (κ2) is 8.93. The first-order valence-electron chi connectivity index (χ1n) is 1.000. The molecule has 0 aliphatic carbocycles. The molecular weight excluding hydrogens is 125 g/mol. The van der Waals surface area contributed by atoms with Crippen molar-refractivity contribution < 1.29 is 32.7 Å². The van der Waals surface area contributed by atoms with Crippen LogP contribution in [0, 0.1) is 13.8 Å². The van der Waals surface area contributed by atoms with E-state index in [0.29, 0.717) is 0 Å². The molecule has 1 radical (unpaired) electrons. The molecule has 0 heterocycles. The third kappa shape index (κ3) is 11.3. The van der Waals surface area contributed by atoms with E-state index in [9.17, 15) is 0 Å². The Kier molecular flexibility index (Phi) is 19.9. The Labute approximate surface area is 52.9 Å². The van der Waals surface area contributed by atoms with Gasteiger partial charge in [-0.3, -0.25) is 0 Å². The summed E-state index contributed by atoms with van der Waals surface area (Å²) < 4.78 is 0. The predicted octanol–water partition coefficient (Wildman–Crippen LogP) is 1.04. The van der Waals surface area contributed by atoms with E-state index in [1.165, 1.54) is 0 Å². The molecule has 0 saturated heterocycles. The molecular formula is C3H6Y-2. The number of hydrogen-bond donors (Lipinski definition) is 0. The van der Waals surface area contributed by atoms with Gasteiger partial charge in [0.25, 0.3) is 0 Å². The summed E-state index contributed by atoms with van der Waals surface area (Å²) in [4.78, 5) is 0. The summed E-state index contributed by atoms with van der Waals surface area (Å²) in [5, 5.41) is 0. The van der Waals surface area contributed by atoms with Crippen molar-refractivity contribution >= 4 is 0 Å². The molecule has 0 amide bonds. The minimum Gasteiger partial charge on any atom is -0.372 e. The van der Waals surface area contributed by atoms with Crippen molar-refractivity contribution in [3.05, 3.63) is 13.8 Å². The quantitative estimate of drug-likeness (QED) is 0.431. The van der Waals surface area contributed by atoms with E-state index in [2.05, 4.69) is 13.8 Å². The monoisotopic (exact) mass is 131 g/mol. The van der Waals surface area contributed by atoms with Crippen LogP contribution in [0.1, 0.15) is 6.42 Å². The SMILES string of the molecule is [CH2-]C[CH2-].[Y]. The van der Waals surface area contributed by atoms with Crippen LogP contribution >= 0.6 is 0 Å². The zero-order valence-electron chi connectivity index (χ0n) is 2.70. The fourth-order valence-corrected chi connectivity index (χ4v) is 0. The average molecular weight is 131 g/mol. The molecule has 0 saturated carbocycles. The van der Waals surface area contributed by atoms with E-state index in [0.717, 1.165) is 6.42 Å². The molecule has 0 aromatic carbocycles. The van der Waals surface area contributed by atoms with Gasteiger partial charge in [0, 0.05) is 32.7 Å². The first kappa shape index (κ1) is 8.92. The van der Waals surface area contributed by atoms with E-state index in [1.807, 2.05) is 0 Å². The van der Waals surface area contributed by atoms with Crippen molar-refractivity contribution in [1.29, 1.82) is 0 Å². The maximum Gasteiger partial charge on any atom is 0 e. The average Bonchev–Trinajstić information content (AvgIpc) is 0.918. The van der Waals surface area contributed by atoms with Crippen LogP contribution in [0.3, 0.4) is 0 Å². The zero-order valence-corrected chi connectivity index (χ0v) is 5.54. The molecule has 0 spiro atoms. The molecule has 0 aromatic rings. The molecule has 0 bridgehead atoms. The molecule has 0 N–H and O–H groups in total. The van der Waals surface area contributed by atoms with E-state index >= 15 is 0 Å². The van der Waals surface area contributed by atoms with Crippen LogP contribution < -0.4 is 0 Å². The Morgan fingerprint density at radius 3 is 1.25 bits per heavy atom. The van der Waals surface area contributed by atoms with Gasteiger partial charge in [-0.1, -0.05) is 0 Å². The summed E-state index contributed by atoms with van der Waals surface area (Å²) in [5.41, 5.74) is 0. The minimum absolute atomic E-state index is 0. The predicted molar refractivity (Wildman–Crippen MR) is 15.3 cm³/mol. The van der Waals surface area contributed by atoms with Gasteiger partial charge in [0.2, 0.25) is 0 Å². The van der Waals surface area contributed by atoms with Crippen LogP contribution in [0.2, 0.25) is 0 Å². The van der Waals surface area contributed by atoms with Crippen molar-refractivity contribution in [2.45, 2.75) is 6.42 Å². The smallest absolute Gasteiger partial charge is 0 e. The van der Waals surface area contributed by atoms with E-state index in [-0.39, 0.29) is 32.7 Å². The van der Waals surface area contributed by atoms with Gasteiger partial charge >= 0.3 is 0 Å². The molecule has 0 aromatic heterocycles. The van der Waals surface area contributed by atoms with E-state index in [4.69, 9.17) is 0 Å². The standard InChI is InChI=1S/C3H6.Y/c1-3-2;/h1-3H2;/q-2;. The number of hydrogen-bond acceptors (Lipinski definition) is 0. The summed E-state index contributed by atoms with van der Waals surface area (Å²) in [6.45, 7) is 6.75. The molecule has 0 aliphatic rings. The largest absolute Gasteiger partial charge is 0.372 e. The van der Waals surface area contributed by atoms with Crippen LogP contribution in [0.15, 0.2) is 0 Å². The summed E-state index contributed by atoms with van der Waals surface area (Å²) in [6.07, 6.45) is 0.750. The molecule has 4 heavy (non-hydrogen) atoms. The molecule has 0 nitrogen and oxygen atoms in total. The number of rotatable bonds is 0.